The number of esters is 1. The number of hydrogen-bond donors (Lipinski definition) is 1. The molecule has 0 spiro atoms. The van der Waals surface area contributed by atoms with Crippen LogP contribution in [0.3, 0.4) is 0 Å². The van der Waals surface area contributed by atoms with Gasteiger partial charge in [0, 0.05) is 18.4 Å². The first-order chi connectivity index (χ1) is 16.3. The van der Waals surface area contributed by atoms with Crippen LogP contribution in [-0.4, -0.2) is 72.3 Å². The summed E-state index contributed by atoms with van der Waals surface area (Å²) in [6.07, 6.45) is 5.44. The number of likely N-dealkylation sites (N-methyl/N-ethyl adjacent to an activating group) is 1. The third-order valence-electron chi connectivity index (χ3n) is 7.59. The Balaban J connectivity index is 1.48. The van der Waals surface area contributed by atoms with E-state index >= 15 is 0 Å². The molecule has 8 nitrogen and oxygen atoms in total. The van der Waals surface area contributed by atoms with Gasteiger partial charge >= 0.3 is 5.97 Å². The number of likely N-dealkylation sites (tertiary alicyclic amines) is 2. The first kappa shape index (κ1) is 24.4. The van der Waals surface area contributed by atoms with E-state index in [1.54, 1.807) is 6.07 Å². The van der Waals surface area contributed by atoms with E-state index in [4.69, 9.17) is 9.26 Å². The van der Waals surface area contributed by atoms with Crippen molar-refractivity contribution in [2.45, 2.75) is 51.2 Å². The Labute approximate surface area is 201 Å². The molecule has 1 aromatic heterocycles. The molecule has 2 saturated heterocycles. The van der Waals surface area contributed by atoms with Gasteiger partial charge in [-0.3, -0.25) is 9.69 Å². The molecule has 1 N–H and O–H groups in total. The summed E-state index contributed by atoms with van der Waals surface area (Å²) in [5.74, 6) is 0.316. The van der Waals surface area contributed by atoms with Gasteiger partial charge in [-0.2, -0.15) is 0 Å². The number of quaternary nitrogens is 1. The fourth-order valence-corrected chi connectivity index (χ4v) is 5.30. The monoisotopic (exact) mass is 469 g/mol. The van der Waals surface area contributed by atoms with Crippen molar-refractivity contribution in [3.8, 4) is 0 Å². The summed E-state index contributed by atoms with van der Waals surface area (Å²) < 4.78 is 11.6. The number of nitrogens with one attached hydrogen (secondary N) is 1. The van der Waals surface area contributed by atoms with Gasteiger partial charge in [0.15, 0.2) is 18.5 Å². The van der Waals surface area contributed by atoms with E-state index in [-0.39, 0.29) is 30.4 Å². The van der Waals surface area contributed by atoms with Crippen LogP contribution in [0, 0.1) is 5.92 Å². The Kier molecular flexibility index (Phi) is 7.38. The van der Waals surface area contributed by atoms with Gasteiger partial charge in [0.2, 0.25) is 0 Å². The number of carbonyl (C=O) groups is 2. The number of ether oxygens (including phenoxy) is 1. The van der Waals surface area contributed by atoms with Crippen LogP contribution in [0.25, 0.3) is 0 Å². The van der Waals surface area contributed by atoms with E-state index in [0.717, 1.165) is 44.5 Å². The van der Waals surface area contributed by atoms with Crippen LogP contribution in [0.2, 0.25) is 0 Å². The summed E-state index contributed by atoms with van der Waals surface area (Å²) in [5, 5.41) is 6.53. The van der Waals surface area contributed by atoms with Crippen molar-refractivity contribution in [2.75, 3.05) is 45.1 Å². The standard InChI is InChI=1S/C26H36N4O4/c1-20-12-16-30(3,19-24(31)27-23-13-17-33-28-23)18-22(20)34-25(32)26(2,21-10-6-4-7-11-21)29-14-8-5-9-15-29/h4,6-7,10-11,13,17,20,22H,5,8-9,12,14-16,18-19H2,1-3H3/p+1/t20?,22-,26+,30?/m0/s1. The van der Waals surface area contributed by atoms with Crippen LogP contribution >= 0.6 is 0 Å². The Bertz CT molecular complexity index is 960. The van der Waals surface area contributed by atoms with Crippen molar-refractivity contribution in [1.82, 2.24) is 10.1 Å². The van der Waals surface area contributed by atoms with Gasteiger partial charge in [0.25, 0.3) is 5.91 Å². The van der Waals surface area contributed by atoms with Crippen LogP contribution in [0.4, 0.5) is 5.82 Å². The molecule has 34 heavy (non-hydrogen) atoms. The van der Waals surface area contributed by atoms with Crippen LogP contribution in [0.15, 0.2) is 47.2 Å². The molecule has 4 atom stereocenters. The molecule has 1 aromatic carbocycles. The zero-order valence-corrected chi connectivity index (χ0v) is 20.5. The highest BCUT2D eigenvalue weighted by Gasteiger charge is 2.46. The molecular formula is C26H37N4O4+. The predicted molar refractivity (Wildman–Crippen MR) is 129 cm³/mol. The fraction of sp³-hybridized carbons (Fsp3) is 0.577. The maximum absolute atomic E-state index is 13.9. The Morgan fingerprint density at radius 1 is 1.21 bits per heavy atom. The minimum atomic E-state index is -0.827. The normalized spacial score (nSPS) is 27.5. The van der Waals surface area contributed by atoms with Crippen LogP contribution in [0.1, 0.15) is 45.1 Å². The van der Waals surface area contributed by atoms with Gasteiger partial charge in [-0.15, -0.1) is 0 Å². The molecule has 1 amide bonds. The number of aromatic nitrogens is 1. The molecule has 2 unspecified atom stereocenters. The summed E-state index contributed by atoms with van der Waals surface area (Å²) in [5.41, 5.74) is 0.140. The lowest BCUT2D eigenvalue weighted by Gasteiger charge is -2.45. The SMILES string of the molecule is CC1CC[N+](C)(CC(=O)Nc2ccon2)C[C@@H]1OC(=O)[C@@](C)(c1ccccc1)N1CCCCC1. The van der Waals surface area contributed by atoms with Crippen molar-refractivity contribution < 1.29 is 23.3 Å². The number of amides is 1. The minimum Gasteiger partial charge on any atom is -0.454 e. The molecule has 184 valence electrons. The lowest BCUT2D eigenvalue weighted by atomic mass is 9.87. The molecule has 2 fully saturated rings. The Morgan fingerprint density at radius 3 is 2.62 bits per heavy atom. The zero-order chi connectivity index (χ0) is 24.2. The van der Waals surface area contributed by atoms with Crippen molar-refractivity contribution in [3.63, 3.8) is 0 Å². The average molecular weight is 470 g/mol. The molecule has 0 radical (unpaired) electrons. The molecule has 0 aliphatic carbocycles. The highest BCUT2D eigenvalue weighted by molar-refractivity contribution is 5.90. The van der Waals surface area contributed by atoms with Crippen molar-refractivity contribution >= 4 is 17.7 Å². The molecule has 2 aliphatic rings. The zero-order valence-electron chi connectivity index (χ0n) is 20.5. The minimum absolute atomic E-state index is 0.126. The van der Waals surface area contributed by atoms with E-state index in [1.807, 2.05) is 37.3 Å². The quantitative estimate of drug-likeness (QED) is 0.494. The third kappa shape index (κ3) is 5.33. The van der Waals surface area contributed by atoms with E-state index < -0.39 is 5.54 Å². The molecule has 8 heteroatoms. The Hall–Kier alpha value is -2.71. The number of rotatable bonds is 7. The predicted octanol–water partition coefficient (Wildman–Crippen LogP) is 3.41. The molecule has 3 heterocycles. The van der Waals surface area contributed by atoms with Gasteiger partial charge in [0.05, 0.1) is 13.6 Å². The third-order valence-corrected chi connectivity index (χ3v) is 7.59. The molecule has 0 bridgehead atoms. The fourth-order valence-electron chi connectivity index (χ4n) is 5.30. The van der Waals surface area contributed by atoms with Crippen molar-refractivity contribution in [1.29, 1.82) is 0 Å². The molecule has 4 rings (SSSR count). The second-order valence-corrected chi connectivity index (χ2v) is 10.3. The summed E-state index contributed by atoms with van der Waals surface area (Å²) >= 11 is 0. The molecule has 2 aromatic rings. The van der Waals surface area contributed by atoms with E-state index in [9.17, 15) is 9.59 Å². The van der Waals surface area contributed by atoms with Gasteiger partial charge in [-0.1, -0.05) is 48.8 Å². The lowest BCUT2D eigenvalue weighted by molar-refractivity contribution is -0.910. The second kappa shape index (κ2) is 10.3. The largest absolute Gasteiger partial charge is 0.454 e. The molecule has 0 saturated carbocycles. The Morgan fingerprint density at radius 2 is 1.94 bits per heavy atom. The average Bonchev–Trinajstić information content (AvgIpc) is 3.34. The number of piperidine rings is 2. The van der Waals surface area contributed by atoms with Crippen LogP contribution in [-0.2, 0) is 19.9 Å². The lowest BCUT2D eigenvalue weighted by Crippen LogP contribution is -2.60. The van der Waals surface area contributed by atoms with Crippen LogP contribution in [0.5, 0.6) is 0 Å². The van der Waals surface area contributed by atoms with E-state index in [1.165, 1.54) is 12.7 Å². The van der Waals surface area contributed by atoms with E-state index in [2.05, 4.69) is 29.3 Å². The van der Waals surface area contributed by atoms with Crippen molar-refractivity contribution in [3.05, 3.63) is 48.2 Å². The van der Waals surface area contributed by atoms with Gasteiger partial charge < -0.3 is 19.1 Å². The topological polar surface area (TPSA) is 84.7 Å². The number of nitrogens with zero attached hydrogens (tertiary/aromatic N) is 3. The first-order valence-corrected chi connectivity index (χ1v) is 12.4. The van der Waals surface area contributed by atoms with Gasteiger partial charge in [0.1, 0.15) is 18.3 Å². The van der Waals surface area contributed by atoms with Crippen molar-refractivity contribution in [2.24, 2.45) is 5.92 Å². The second-order valence-electron chi connectivity index (χ2n) is 10.3. The smallest absolute Gasteiger partial charge is 0.331 e. The summed E-state index contributed by atoms with van der Waals surface area (Å²) in [6.45, 7) is 7.65. The highest BCUT2D eigenvalue weighted by Crippen LogP contribution is 2.34. The summed E-state index contributed by atoms with van der Waals surface area (Å²) in [7, 11) is 2.05. The first-order valence-electron chi connectivity index (χ1n) is 12.4. The number of anilines is 1. The maximum atomic E-state index is 13.9. The molecular weight excluding hydrogens is 432 g/mol. The summed E-state index contributed by atoms with van der Waals surface area (Å²) in [6, 6.07) is 11.6. The molecule has 2 aliphatic heterocycles. The highest BCUT2D eigenvalue weighted by atomic mass is 16.5. The van der Waals surface area contributed by atoms with Gasteiger partial charge in [-0.25, -0.2) is 4.79 Å². The maximum Gasteiger partial charge on any atom is 0.331 e. The van der Waals surface area contributed by atoms with E-state index in [0.29, 0.717) is 16.8 Å². The number of benzene rings is 1. The summed E-state index contributed by atoms with van der Waals surface area (Å²) in [4.78, 5) is 28.8. The van der Waals surface area contributed by atoms with Crippen LogP contribution < -0.4 is 5.32 Å². The number of hydrogen-bond acceptors (Lipinski definition) is 6. The van der Waals surface area contributed by atoms with Gasteiger partial charge in [-0.05, 0) is 38.4 Å². The number of carbonyl (C=O) groups excluding carboxylic acids is 2.